The van der Waals surface area contributed by atoms with Crippen LogP contribution in [0.5, 0.6) is 0 Å². The maximum absolute atomic E-state index is 11.6. The van der Waals surface area contributed by atoms with Crippen molar-refractivity contribution in [3.05, 3.63) is 78.1 Å². The minimum absolute atomic E-state index is 0.349. The topological polar surface area (TPSA) is 26.3 Å². The van der Waals surface area contributed by atoms with Gasteiger partial charge < -0.3 is 4.74 Å². The van der Waals surface area contributed by atoms with Crippen molar-refractivity contribution in [2.45, 2.75) is 0 Å². The van der Waals surface area contributed by atoms with Crippen molar-refractivity contribution in [3.63, 3.8) is 0 Å². The number of hydrogen-bond acceptors (Lipinski definition) is 2. The smallest absolute Gasteiger partial charge is 0.342 e. The summed E-state index contributed by atoms with van der Waals surface area (Å²) in [6.07, 6.45) is 3.16. The molecule has 2 aromatic rings. The van der Waals surface area contributed by atoms with Gasteiger partial charge in [0.05, 0.1) is 11.8 Å². The summed E-state index contributed by atoms with van der Waals surface area (Å²) >= 11 is 0. The highest BCUT2D eigenvalue weighted by Crippen LogP contribution is 2.04. The zero-order valence-corrected chi connectivity index (χ0v) is 9.24. The van der Waals surface area contributed by atoms with Crippen molar-refractivity contribution in [2.75, 3.05) is 0 Å². The maximum Gasteiger partial charge on any atom is 0.342 e. The number of esters is 1. The van der Waals surface area contributed by atoms with Crippen LogP contribution in [-0.4, -0.2) is 5.97 Å². The van der Waals surface area contributed by atoms with E-state index in [9.17, 15) is 4.79 Å². The Morgan fingerprint density at radius 2 is 1.47 bits per heavy atom. The first kappa shape index (κ1) is 11.1. The average Bonchev–Trinajstić information content (AvgIpc) is 2.41. The van der Waals surface area contributed by atoms with Crippen molar-refractivity contribution >= 4 is 12.0 Å². The van der Waals surface area contributed by atoms with E-state index in [0.29, 0.717) is 5.56 Å². The first-order chi connectivity index (χ1) is 8.36. The van der Waals surface area contributed by atoms with Gasteiger partial charge in [-0.05, 0) is 23.8 Å². The SMILES string of the molecule is O=C(O/C=C\c1ccccc1)c1ccccc1. The average molecular weight is 224 g/mol. The molecule has 0 fully saturated rings. The van der Waals surface area contributed by atoms with E-state index in [4.69, 9.17) is 4.74 Å². The van der Waals surface area contributed by atoms with Gasteiger partial charge in [-0.25, -0.2) is 4.79 Å². The van der Waals surface area contributed by atoms with Gasteiger partial charge in [-0.1, -0.05) is 48.5 Å². The Morgan fingerprint density at radius 3 is 2.12 bits per heavy atom. The van der Waals surface area contributed by atoms with E-state index < -0.39 is 0 Å². The number of ether oxygens (including phenoxy) is 1. The number of rotatable bonds is 3. The number of benzene rings is 2. The minimum atomic E-state index is -0.349. The number of hydrogen-bond donors (Lipinski definition) is 0. The molecule has 0 aromatic heterocycles. The van der Waals surface area contributed by atoms with Gasteiger partial charge in [-0.15, -0.1) is 0 Å². The van der Waals surface area contributed by atoms with Crippen LogP contribution in [0.3, 0.4) is 0 Å². The van der Waals surface area contributed by atoms with Crippen LogP contribution in [0.1, 0.15) is 15.9 Å². The van der Waals surface area contributed by atoms with Crippen LogP contribution >= 0.6 is 0 Å². The molecule has 2 heteroatoms. The lowest BCUT2D eigenvalue weighted by Crippen LogP contribution is -1.99. The Hall–Kier alpha value is -2.35. The lowest BCUT2D eigenvalue weighted by molar-refractivity contribution is 0.0665. The third-order valence-corrected chi connectivity index (χ3v) is 2.24. The molecule has 0 saturated heterocycles. The Labute approximate surface area is 100 Å². The van der Waals surface area contributed by atoms with Crippen LogP contribution in [-0.2, 0) is 4.74 Å². The lowest BCUT2D eigenvalue weighted by atomic mass is 10.2. The molecule has 2 nitrogen and oxygen atoms in total. The van der Waals surface area contributed by atoms with Crippen LogP contribution in [0, 0.1) is 0 Å². The molecule has 84 valence electrons. The van der Waals surface area contributed by atoms with E-state index in [0.717, 1.165) is 5.56 Å². The van der Waals surface area contributed by atoms with E-state index in [1.165, 1.54) is 6.26 Å². The molecule has 0 aliphatic heterocycles. The fourth-order valence-electron chi connectivity index (χ4n) is 1.38. The van der Waals surface area contributed by atoms with Crippen molar-refractivity contribution in [1.82, 2.24) is 0 Å². The molecule has 0 bridgehead atoms. The van der Waals surface area contributed by atoms with Gasteiger partial charge in [0.1, 0.15) is 0 Å². The minimum Gasteiger partial charge on any atom is -0.431 e. The summed E-state index contributed by atoms with van der Waals surface area (Å²) in [5.74, 6) is -0.349. The van der Waals surface area contributed by atoms with Gasteiger partial charge in [0, 0.05) is 0 Å². The summed E-state index contributed by atoms with van der Waals surface area (Å²) in [5, 5.41) is 0. The molecule has 0 atom stereocenters. The Kier molecular flexibility index (Phi) is 3.71. The van der Waals surface area contributed by atoms with Crippen LogP contribution in [0.2, 0.25) is 0 Å². The molecular weight excluding hydrogens is 212 g/mol. The van der Waals surface area contributed by atoms with Crippen LogP contribution in [0.15, 0.2) is 66.9 Å². The van der Waals surface area contributed by atoms with Gasteiger partial charge in [0.15, 0.2) is 0 Å². The van der Waals surface area contributed by atoms with Crippen molar-refractivity contribution in [1.29, 1.82) is 0 Å². The molecule has 0 radical (unpaired) electrons. The van der Waals surface area contributed by atoms with Gasteiger partial charge >= 0.3 is 5.97 Å². The second-order valence-electron chi connectivity index (χ2n) is 3.48. The highest BCUT2D eigenvalue weighted by molar-refractivity contribution is 5.89. The molecule has 0 heterocycles. The van der Waals surface area contributed by atoms with Gasteiger partial charge in [0.2, 0.25) is 0 Å². The number of carbonyl (C=O) groups is 1. The second-order valence-corrected chi connectivity index (χ2v) is 3.48. The second kappa shape index (κ2) is 5.66. The summed E-state index contributed by atoms with van der Waals surface area (Å²) in [6, 6.07) is 18.6. The maximum atomic E-state index is 11.6. The monoisotopic (exact) mass is 224 g/mol. The molecule has 0 saturated carbocycles. The predicted octanol–water partition coefficient (Wildman–Crippen LogP) is 3.51. The zero-order chi connectivity index (χ0) is 11.9. The largest absolute Gasteiger partial charge is 0.431 e. The molecular formula is C15H12O2. The highest BCUT2D eigenvalue weighted by Gasteiger charge is 2.02. The molecule has 0 spiro atoms. The molecule has 2 rings (SSSR count). The molecule has 0 N–H and O–H groups in total. The van der Waals surface area contributed by atoms with Gasteiger partial charge in [-0.3, -0.25) is 0 Å². The molecule has 0 aliphatic carbocycles. The molecule has 0 amide bonds. The van der Waals surface area contributed by atoms with E-state index in [-0.39, 0.29) is 5.97 Å². The first-order valence-corrected chi connectivity index (χ1v) is 5.34. The summed E-state index contributed by atoms with van der Waals surface area (Å²) in [4.78, 5) is 11.6. The quantitative estimate of drug-likeness (QED) is 0.589. The van der Waals surface area contributed by atoms with Crippen molar-refractivity contribution in [2.24, 2.45) is 0 Å². The molecule has 17 heavy (non-hydrogen) atoms. The fourth-order valence-corrected chi connectivity index (χ4v) is 1.38. The van der Waals surface area contributed by atoms with Gasteiger partial charge in [-0.2, -0.15) is 0 Å². The van der Waals surface area contributed by atoms with E-state index >= 15 is 0 Å². The number of carbonyl (C=O) groups excluding carboxylic acids is 1. The van der Waals surface area contributed by atoms with E-state index in [2.05, 4.69) is 0 Å². The molecule has 0 unspecified atom stereocenters. The lowest BCUT2D eigenvalue weighted by Gasteiger charge is -1.98. The fraction of sp³-hybridized carbons (Fsp3) is 0. The Morgan fingerprint density at radius 1 is 0.882 bits per heavy atom. The normalized spacial score (nSPS) is 10.4. The zero-order valence-electron chi connectivity index (χ0n) is 9.24. The van der Waals surface area contributed by atoms with Crippen molar-refractivity contribution in [3.8, 4) is 0 Å². The first-order valence-electron chi connectivity index (χ1n) is 5.34. The van der Waals surface area contributed by atoms with Crippen LogP contribution in [0.4, 0.5) is 0 Å². The Balaban J connectivity index is 1.95. The van der Waals surface area contributed by atoms with Crippen LogP contribution in [0.25, 0.3) is 6.08 Å². The summed E-state index contributed by atoms with van der Waals surface area (Å²) < 4.78 is 5.01. The van der Waals surface area contributed by atoms with Crippen LogP contribution < -0.4 is 0 Å². The van der Waals surface area contributed by atoms with E-state index in [1.54, 1.807) is 30.3 Å². The summed E-state index contributed by atoms with van der Waals surface area (Å²) in [6.45, 7) is 0. The van der Waals surface area contributed by atoms with Crippen molar-refractivity contribution < 1.29 is 9.53 Å². The summed E-state index contributed by atoms with van der Waals surface area (Å²) in [7, 11) is 0. The third-order valence-electron chi connectivity index (χ3n) is 2.24. The van der Waals surface area contributed by atoms with E-state index in [1.807, 2.05) is 36.4 Å². The predicted molar refractivity (Wildman–Crippen MR) is 67.3 cm³/mol. The standard InChI is InChI=1S/C15H12O2/c16-15(14-9-5-2-6-10-14)17-12-11-13-7-3-1-4-8-13/h1-12H/b12-11-. The highest BCUT2D eigenvalue weighted by atomic mass is 16.5. The summed E-state index contributed by atoms with van der Waals surface area (Å²) in [5.41, 5.74) is 1.54. The Bertz CT molecular complexity index is 501. The van der Waals surface area contributed by atoms with Gasteiger partial charge in [0.25, 0.3) is 0 Å². The molecule has 0 aliphatic rings. The third kappa shape index (κ3) is 3.31. The molecule has 2 aromatic carbocycles.